The molecule has 1 aromatic rings. The largest absolute Gasteiger partial charge is 0.459 e. The summed E-state index contributed by atoms with van der Waals surface area (Å²) in [4.78, 5) is 11.8. The maximum atomic E-state index is 12.6. The van der Waals surface area contributed by atoms with Crippen molar-refractivity contribution in [3.63, 3.8) is 0 Å². The Morgan fingerprint density at radius 3 is 2.58 bits per heavy atom. The molecule has 0 saturated heterocycles. The quantitative estimate of drug-likeness (QED) is 0.674. The lowest BCUT2D eigenvalue weighted by molar-refractivity contribution is -0.137. The molecule has 0 fully saturated rings. The average molecular weight is 275 g/mol. The van der Waals surface area contributed by atoms with E-state index < -0.39 is 17.7 Å². The van der Waals surface area contributed by atoms with Gasteiger partial charge >= 0.3 is 12.1 Å². The minimum absolute atomic E-state index is 0.0262. The van der Waals surface area contributed by atoms with Crippen LogP contribution in [0.1, 0.15) is 42.6 Å². The first-order chi connectivity index (χ1) is 8.75. The van der Waals surface area contributed by atoms with Gasteiger partial charge in [0.2, 0.25) is 0 Å². The fourth-order valence-electron chi connectivity index (χ4n) is 1.62. The zero-order valence-corrected chi connectivity index (χ0v) is 10.8. The second-order valence-corrected chi connectivity index (χ2v) is 4.30. The number of esters is 1. The zero-order chi connectivity index (χ0) is 14.6. The van der Waals surface area contributed by atoms with Gasteiger partial charge in [-0.15, -0.1) is 0 Å². The van der Waals surface area contributed by atoms with Crippen LogP contribution in [-0.2, 0) is 10.9 Å². The summed E-state index contributed by atoms with van der Waals surface area (Å²) in [5.41, 5.74) is 4.32. The number of ether oxygens (including phenoxy) is 1. The van der Waals surface area contributed by atoms with Gasteiger partial charge in [0.1, 0.15) is 0 Å². The van der Waals surface area contributed by atoms with Gasteiger partial charge in [-0.1, -0.05) is 13.3 Å². The van der Waals surface area contributed by atoms with Gasteiger partial charge in [-0.2, -0.15) is 13.2 Å². The number of benzene rings is 1. The van der Waals surface area contributed by atoms with Crippen molar-refractivity contribution in [2.45, 2.75) is 39.0 Å². The van der Waals surface area contributed by atoms with Crippen LogP contribution in [0.5, 0.6) is 0 Å². The van der Waals surface area contributed by atoms with E-state index >= 15 is 0 Å². The van der Waals surface area contributed by atoms with E-state index in [9.17, 15) is 18.0 Å². The normalized spacial score (nSPS) is 13.1. The molecular weight excluding hydrogens is 259 g/mol. The lowest BCUT2D eigenvalue weighted by Gasteiger charge is -2.14. The van der Waals surface area contributed by atoms with E-state index in [1.807, 2.05) is 6.92 Å². The Hall–Kier alpha value is -1.72. The molecule has 2 N–H and O–H groups in total. The van der Waals surface area contributed by atoms with Crippen LogP contribution in [0.15, 0.2) is 18.2 Å². The maximum Gasteiger partial charge on any atom is 0.416 e. The van der Waals surface area contributed by atoms with E-state index in [2.05, 4.69) is 0 Å². The van der Waals surface area contributed by atoms with Crippen molar-refractivity contribution >= 4 is 11.7 Å². The summed E-state index contributed by atoms with van der Waals surface area (Å²) < 4.78 is 42.7. The van der Waals surface area contributed by atoms with Crippen molar-refractivity contribution in [3.05, 3.63) is 29.3 Å². The van der Waals surface area contributed by atoms with E-state index in [0.717, 1.165) is 24.6 Å². The van der Waals surface area contributed by atoms with E-state index in [-0.39, 0.29) is 17.4 Å². The standard InChI is InChI=1S/C13H16F3NO2/c1-3-4-8(2)19-12(18)10-7-9(13(14,15)16)5-6-11(10)17/h5-8H,3-4,17H2,1-2H3. The monoisotopic (exact) mass is 275 g/mol. The molecule has 0 aromatic heterocycles. The van der Waals surface area contributed by atoms with Gasteiger partial charge < -0.3 is 10.5 Å². The molecule has 0 aliphatic carbocycles. The smallest absolute Gasteiger partial charge is 0.416 e. The van der Waals surface area contributed by atoms with Gasteiger partial charge in [-0.3, -0.25) is 0 Å². The SMILES string of the molecule is CCCC(C)OC(=O)c1cc(C(F)(F)F)ccc1N. The highest BCUT2D eigenvalue weighted by Crippen LogP contribution is 2.31. The molecule has 1 aromatic carbocycles. The Morgan fingerprint density at radius 2 is 2.05 bits per heavy atom. The highest BCUT2D eigenvalue weighted by atomic mass is 19.4. The van der Waals surface area contributed by atoms with Gasteiger partial charge in [0, 0.05) is 5.69 Å². The minimum atomic E-state index is -4.52. The molecule has 19 heavy (non-hydrogen) atoms. The molecule has 1 unspecified atom stereocenters. The topological polar surface area (TPSA) is 52.3 Å². The van der Waals surface area contributed by atoms with Gasteiger partial charge in [-0.05, 0) is 31.5 Å². The fourth-order valence-corrected chi connectivity index (χ4v) is 1.62. The molecule has 3 nitrogen and oxygen atoms in total. The molecule has 106 valence electrons. The molecule has 0 spiro atoms. The summed E-state index contributed by atoms with van der Waals surface area (Å²) in [5.74, 6) is -0.829. The number of halogens is 3. The molecule has 0 heterocycles. The van der Waals surface area contributed by atoms with Crippen molar-refractivity contribution in [2.24, 2.45) is 0 Å². The summed E-state index contributed by atoms with van der Waals surface area (Å²) in [7, 11) is 0. The van der Waals surface area contributed by atoms with Crippen molar-refractivity contribution < 1.29 is 22.7 Å². The van der Waals surface area contributed by atoms with Crippen molar-refractivity contribution in [1.29, 1.82) is 0 Å². The molecule has 0 saturated carbocycles. The number of nitrogens with two attached hydrogens (primary N) is 1. The zero-order valence-electron chi connectivity index (χ0n) is 10.8. The predicted octanol–water partition coefficient (Wildman–Crippen LogP) is 3.63. The van der Waals surface area contributed by atoms with Crippen LogP contribution in [0, 0.1) is 0 Å². The van der Waals surface area contributed by atoms with Gasteiger partial charge in [0.05, 0.1) is 17.2 Å². The Labute approximate surface area is 109 Å². The molecule has 1 rings (SSSR count). The molecule has 0 bridgehead atoms. The number of rotatable bonds is 4. The van der Waals surface area contributed by atoms with Gasteiger partial charge in [0.15, 0.2) is 0 Å². The molecule has 0 aliphatic heterocycles. The Kier molecular flexibility index (Phi) is 4.80. The third-order valence-electron chi connectivity index (χ3n) is 2.60. The van der Waals surface area contributed by atoms with Crippen LogP contribution >= 0.6 is 0 Å². The Bertz CT molecular complexity index is 458. The van der Waals surface area contributed by atoms with Crippen LogP contribution in [0.4, 0.5) is 18.9 Å². The van der Waals surface area contributed by atoms with Crippen molar-refractivity contribution in [1.82, 2.24) is 0 Å². The van der Waals surface area contributed by atoms with E-state index in [1.165, 1.54) is 0 Å². The molecule has 0 amide bonds. The first-order valence-corrected chi connectivity index (χ1v) is 5.93. The van der Waals surface area contributed by atoms with Gasteiger partial charge in [-0.25, -0.2) is 4.79 Å². The number of carbonyl (C=O) groups is 1. The summed E-state index contributed by atoms with van der Waals surface area (Å²) >= 11 is 0. The molecule has 0 radical (unpaired) electrons. The third kappa shape index (κ3) is 4.15. The summed E-state index contributed by atoms with van der Waals surface area (Å²) in [6.45, 7) is 3.61. The number of alkyl halides is 3. The molecule has 6 heteroatoms. The summed E-state index contributed by atoms with van der Waals surface area (Å²) in [6.07, 6.45) is -3.42. The van der Waals surface area contributed by atoms with E-state index in [0.29, 0.717) is 6.42 Å². The van der Waals surface area contributed by atoms with Crippen LogP contribution < -0.4 is 5.73 Å². The first-order valence-electron chi connectivity index (χ1n) is 5.93. The molecule has 1 atom stereocenters. The molecular formula is C13H16F3NO2. The lowest BCUT2D eigenvalue weighted by atomic mass is 10.1. The van der Waals surface area contributed by atoms with E-state index in [1.54, 1.807) is 6.92 Å². The minimum Gasteiger partial charge on any atom is -0.459 e. The highest BCUT2D eigenvalue weighted by Gasteiger charge is 2.31. The first kappa shape index (κ1) is 15.3. The number of nitrogen functional groups attached to an aromatic ring is 1. The number of carbonyl (C=O) groups excluding carboxylic acids is 1. The van der Waals surface area contributed by atoms with Crippen LogP contribution in [0.2, 0.25) is 0 Å². The van der Waals surface area contributed by atoms with Gasteiger partial charge in [0.25, 0.3) is 0 Å². The fraction of sp³-hybridized carbons (Fsp3) is 0.462. The second kappa shape index (κ2) is 5.95. The maximum absolute atomic E-state index is 12.6. The average Bonchev–Trinajstić information content (AvgIpc) is 2.27. The van der Waals surface area contributed by atoms with Crippen LogP contribution in [0.3, 0.4) is 0 Å². The van der Waals surface area contributed by atoms with Crippen molar-refractivity contribution in [2.75, 3.05) is 5.73 Å². The number of hydrogen-bond acceptors (Lipinski definition) is 3. The van der Waals surface area contributed by atoms with Crippen LogP contribution in [0.25, 0.3) is 0 Å². The third-order valence-corrected chi connectivity index (χ3v) is 2.60. The number of hydrogen-bond donors (Lipinski definition) is 1. The Balaban J connectivity index is 2.96. The van der Waals surface area contributed by atoms with E-state index in [4.69, 9.17) is 10.5 Å². The van der Waals surface area contributed by atoms with Crippen molar-refractivity contribution in [3.8, 4) is 0 Å². The summed E-state index contributed by atoms with van der Waals surface area (Å²) in [6, 6.07) is 2.61. The van der Waals surface area contributed by atoms with Crippen LogP contribution in [-0.4, -0.2) is 12.1 Å². The summed E-state index contributed by atoms with van der Waals surface area (Å²) in [5, 5.41) is 0. The highest BCUT2D eigenvalue weighted by molar-refractivity contribution is 5.95. The predicted molar refractivity (Wildman–Crippen MR) is 65.6 cm³/mol. The second-order valence-electron chi connectivity index (χ2n) is 4.30. The lowest BCUT2D eigenvalue weighted by Crippen LogP contribution is -2.17. The Morgan fingerprint density at radius 1 is 1.42 bits per heavy atom. The molecule has 0 aliphatic rings. The number of anilines is 1.